The minimum Gasteiger partial charge on any atom is -0.268 e. The number of nitrogens with zero attached hydrogens (tertiary/aromatic N) is 3. The smallest absolute Gasteiger partial charge is 0.0347 e. The second-order valence-corrected chi connectivity index (χ2v) is 10.5. The summed E-state index contributed by atoms with van der Waals surface area (Å²) in [5, 5.41) is 0. The molecule has 0 atom stereocenters. The SMILES string of the molecule is C#C/C=C\N=C/Cc1cc(C(/C=C\C=C)=C/C)cc(-c2cccc(-c3cc(-c4cccnc4)cc(-c4cccnc4)c3)c2)c1C. The standard InChI is InChI=1S/C42H35N3/c1-5-8-13-32(7-3)41-23-33(18-22-43-19-9-6-2)31(4)42(28-41)35-15-10-14-34(24-35)38-25-39(36-16-11-20-44-29-36)27-40(26-38)37-17-12-21-45-30-37/h2,5,7-17,19-30H,1,18H2,3-4H3/b13-8-,19-9-,32-7+,43-22-. The summed E-state index contributed by atoms with van der Waals surface area (Å²) in [6, 6.07) is 28.1. The van der Waals surface area contributed by atoms with E-state index in [1.165, 1.54) is 16.7 Å². The number of hydrogen-bond donors (Lipinski definition) is 0. The lowest BCUT2D eigenvalue weighted by molar-refractivity contribution is 1.26. The Morgan fingerprint density at radius 3 is 2.04 bits per heavy atom. The molecule has 218 valence electrons. The molecule has 0 bridgehead atoms. The van der Waals surface area contributed by atoms with Crippen LogP contribution in [0.4, 0.5) is 0 Å². The van der Waals surface area contributed by atoms with E-state index < -0.39 is 0 Å². The third-order valence-electron chi connectivity index (χ3n) is 7.67. The summed E-state index contributed by atoms with van der Waals surface area (Å²) < 4.78 is 0. The van der Waals surface area contributed by atoms with Crippen molar-refractivity contribution in [1.29, 1.82) is 0 Å². The van der Waals surface area contributed by atoms with Gasteiger partial charge >= 0.3 is 0 Å². The zero-order chi connectivity index (χ0) is 31.4. The van der Waals surface area contributed by atoms with E-state index in [2.05, 4.69) is 120 Å². The number of benzene rings is 3. The van der Waals surface area contributed by atoms with Crippen molar-refractivity contribution in [3.8, 4) is 56.9 Å². The molecule has 5 rings (SSSR count). The topological polar surface area (TPSA) is 38.1 Å². The average Bonchev–Trinajstić information content (AvgIpc) is 3.10. The fourth-order valence-corrected chi connectivity index (χ4v) is 5.34. The Bertz CT molecular complexity index is 1900. The van der Waals surface area contributed by atoms with Crippen LogP contribution in [0.5, 0.6) is 0 Å². The summed E-state index contributed by atoms with van der Waals surface area (Å²) in [4.78, 5) is 13.1. The van der Waals surface area contributed by atoms with Crippen molar-refractivity contribution < 1.29 is 0 Å². The first-order valence-electron chi connectivity index (χ1n) is 14.9. The molecule has 0 saturated carbocycles. The molecule has 0 spiro atoms. The van der Waals surface area contributed by atoms with Crippen molar-refractivity contribution in [2.75, 3.05) is 0 Å². The van der Waals surface area contributed by atoms with Crippen molar-refractivity contribution >= 4 is 11.8 Å². The molecule has 3 aromatic carbocycles. The molecule has 0 saturated heterocycles. The lowest BCUT2D eigenvalue weighted by Gasteiger charge is -2.16. The fraction of sp³-hybridized carbons (Fsp3) is 0.0714. The number of aromatic nitrogens is 2. The van der Waals surface area contributed by atoms with Gasteiger partial charge in [0.05, 0.1) is 0 Å². The molecule has 0 amide bonds. The number of hydrogen-bond acceptors (Lipinski definition) is 3. The van der Waals surface area contributed by atoms with E-state index in [1.54, 1.807) is 30.7 Å². The largest absolute Gasteiger partial charge is 0.268 e. The molecular weight excluding hydrogens is 546 g/mol. The van der Waals surface area contributed by atoms with Crippen molar-refractivity contribution in [2.45, 2.75) is 20.3 Å². The number of pyridine rings is 2. The maximum Gasteiger partial charge on any atom is 0.0347 e. The Labute approximate surface area is 266 Å². The van der Waals surface area contributed by atoms with E-state index in [4.69, 9.17) is 6.42 Å². The maximum absolute atomic E-state index is 5.33. The third-order valence-corrected chi connectivity index (χ3v) is 7.67. The predicted octanol–water partition coefficient (Wildman–Crippen LogP) is 10.4. The van der Waals surface area contributed by atoms with Gasteiger partial charge in [0.25, 0.3) is 0 Å². The van der Waals surface area contributed by atoms with Crippen molar-refractivity contribution in [3.63, 3.8) is 0 Å². The molecule has 2 heterocycles. The first-order chi connectivity index (χ1) is 22.1. The van der Waals surface area contributed by atoms with E-state index in [0.717, 1.165) is 50.1 Å². The minimum atomic E-state index is 0.686. The highest BCUT2D eigenvalue weighted by molar-refractivity contribution is 5.85. The Morgan fingerprint density at radius 1 is 0.822 bits per heavy atom. The third kappa shape index (κ3) is 7.57. The Balaban J connectivity index is 1.64. The van der Waals surface area contributed by atoms with Gasteiger partial charge in [-0.15, -0.1) is 6.42 Å². The number of aliphatic imine (C=N–C) groups is 1. The lowest BCUT2D eigenvalue weighted by Crippen LogP contribution is -1.97. The van der Waals surface area contributed by atoms with Crippen LogP contribution in [0, 0.1) is 19.3 Å². The van der Waals surface area contributed by atoms with Gasteiger partial charge in [0, 0.05) is 60.8 Å². The molecule has 45 heavy (non-hydrogen) atoms. The molecule has 0 fully saturated rings. The molecule has 2 aromatic heterocycles. The molecule has 0 radical (unpaired) electrons. The summed E-state index contributed by atoms with van der Waals surface area (Å²) in [7, 11) is 0. The van der Waals surface area contributed by atoms with Gasteiger partial charge in [0.15, 0.2) is 0 Å². The van der Waals surface area contributed by atoms with Gasteiger partial charge in [-0.25, -0.2) is 0 Å². The van der Waals surface area contributed by atoms with Crippen LogP contribution in [0.3, 0.4) is 0 Å². The zero-order valence-corrected chi connectivity index (χ0v) is 25.7. The van der Waals surface area contributed by atoms with Crippen LogP contribution in [0.15, 0.2) is 152 Å². The van der Waals surface area contributed by atoms with Crippen LogP contribution in [0.1, 0.15) is 23.6 Å². The lowest BCUT2D eigenvalue weighted by atomic mass is 9.88. The van der Waals surface area contributed by atoms with Crippen LogP contribution in [-0.2, 0) is 6.42 Å². The number of rotatable bonds is 10. The van der Waals surface area contributed by atoms with Gasteiger partial charge in [-0.05, 0) is 112 Å². The molecule has 0 aliphatic rings. The van der Waals surface area contributed by atoms with E-state index >= 15 is 0 Å². The quantitative estimate of drug-likeness (QED) is 0.0935. The van der Waals surface area contributed by atoms with Gasteiger partial charge in [-0.1, -0.05) is 73.2 Å². The Morgan fingerprint density at radius 2 is 1.44 bits per heavy atom. The highest BCUT2D eigenvalue weighted by Crippen LogP contribution is 2.36. The molecule has 5 aromatic rings. The first-order valence-corrected chi connectivity index (χ1v) is 14.9. The monoisotopic (exact) mass is 581 g/mol. The molecule has 3 heteroatoms. The van der Waals surface area contributed by atoms with E-state index in [1.807, 2.05) is 36.8 Å². The van der Waals surface area contributed by atoms with Crippen molar-refractivity contribution in [2.24, 2.45) is 4.99 Å². The molecule has 0 unspecified atom stereocenters. The molecule has 3 nitrogen and oxygen atoms in total. The van der Waals surface area contributed by atoms with Gasteiger partial charge in [-0.2, -0.15) is 0 Å². The van der Waals surface area contributed by atoms with Gasteiger partial charge in [0.1, 0.15) is 0 Å². The summed E-state index contributed by atoms with van der Waals surface area (Å²) >= 11 is 0. The Hall–Kier alpha value is -5.85. The molecule has 0 aliphatic heterocycles. The first kappa shape index (κ1) is 30.6. The molecule has 0 aliphatic carbocycles. The highest BCUT2D eigenvalue weighted by atomic mass is 14.7. The summed E-state index contributed by atoms with van der Waals surface area (Å²) in [5.74, 6) is 2.48. The number of terminal acetylenes is 1. The second kappa shape index (κ2) is 15.0. The van der Waals surface area contributed by atoms with E-state index in [9.17, 15) is 0 Å². The van der Waals surface area contributed by atoms with Crippen molar-refractivity contribution in [3.05, 3.63) is 163 Å². The van der Waals surface area contributed by atoms with E-state index in [0.29, 0.717) is 6.42 Å². The van der Waals surface area contributed by atoms with Gasteiger partial charge in [0.2, 0.25) is 0 Å². The maximum atomic E-state index is 5.33. The fourth-order valence-electron chi connectivity index (χ4n) is 5.34. The summed E-state index contributed by atoms with van der Waals surface area (Å²) in [6.45, 7) is 8.10. The molecular formula is C42H35N3. The predicted molar refractivity (Wildman–Crippen MR) is 192 cm³/mol. The second-order valence-electron chi connectivity index (χ2n) is 10.5. The molecule has 0 N–H and O–H groups in total. The van der Waals surface area contributed by atoms with Crippen LogP contribution in [0.2, 0.25) is 0 Å². The van der Waals surface area contributed by atoms with Gasteiger partial charge < -0.3 is 0 Å². The number of allylic oxidation sites excluding steroid dienone is 6. The van der Waals surface area contributed by atoms with Crippen LogP contribution >= 0.6 is 0 Å². The summed E-state index contributed by atoms with van der Waals surface area (Å²) in [6.07, 6.45) is 26.6. The summed E-state index contributed by atoms with van der Waals surface area (Å²) in [5.41, 5.74) is 13.6. The Kier molecular flexibility index (Phi) is 10.2. The highest BCUT2D eigenvalue weighted by Gasteiger charge is 2.13. The zero-order valence-electron chi connectivity index (χ0n) is 25.7. The average molecular weight is 582 g/mol. The minimum absolute atomic E-state index is 0.686. The van der Waals surface area contributed by atoms with Gasteiger partial charge in [-0.3, -0.25) is 15.0 Å². The normalized spacial score (nSPS) is 11.8. The van der Waals surface area contributed by atoms with Crippen LogP contribution in [-0.4, -0.2) is 16.2 Å². The van der Waals surface area contributed by atoms with Crippen LogP contribution in [0.25, 0.3) is 50.1 Å². The van der Waals surface area contributed by atoms with Crippen molar-refractivity contribution in [1.82, 2.24) is 9.97 Å². The van der Waals surface area contributed by atoms with E-state index in [-0.39, 0.29) is 0 Å². The van der Waals surface area contributed by atoms with Crippen LogP contribution < -0.4 is 0 Å².